The van der Waals surface area contributed by atoms with Crippen molar-refractivity contribution in [2.24, 2.45) is 11.8 Å². The van der Waals surface area contributed by atoms with E-state index >= 15 is 0 Å². The number of likely N-dealkylation sites (tertiary alicyclic amines) is 1. The van der Waals surface area contributed by atoms with Crippen molar-refractivity contribution in [2.75, 3.05) is 26.2 Å². The molecular formula is C31H42ClFN2O. The van der Waals surface area contributed by atoms with E-state index in [1.54, 1.807) is 6.07 Å². The van der Waals surface area contributed by atoms with Crippen molar-refractivity contribution in [2.45, 2.75) is 72.4 Å². The number of hydrogen-bond acceptors (Lipinski definition) is 3. The molecule has 0 radical (unpaired) electrons. The first-order valence-corrected chi connectivity index (χ1v) is 14.1. The van der Waals surface area contributed by atoms with E-state index in [0.717, 1.165) is 94.2 Å². The third-order valence-corrected chi connectivity index (χ3v) is 7.79. The normalized spacial score (nSPS) is 18.4. The molecule has 0 N–H and O–H groups in total. The van der Waals surface area contributed by atoms with E-state index in [-0.39, 0.29) is 5.82 Å². The van der Waals surface area contributed by atoms with Gasteiger partial charge in [-0.1, -0.05) is 57.2 Å². The van der Waals surface area contributed by atoms with Crippen molar-refractivity contribution >= 4 is 11.6 Å². The highest BCUT2D eigenvalue weighted by atomic mass is 35.5. The topological polar surface area (TPSA) is 15.7 Å². The summed E-state index contributed by atoms with van der Waals surface area (Å²) in [4.78, 5) is 4.98. The molecule has 0 spiro atoms. The van der Waals surface area contributed by atoms with E-state index in [9.17, 15) is 4.39 Å². The zero-order valence-corrected chi connectivity index (χ0v) is 23.0. The lowest BCUT2D eigenvalue weighted by Crippen LogP contribution is -2.39. The quantitative estimate of drug-likeness (QED) is 0.343. The van der Waals surface area contributed by atoms with Crippen molar-refractivity contribution in [3.05, 3.63) is 75.7 Å². The second-order valence-electron chi connectivity index (χ2n) is 11.0. The van der Waals surface area contributed by atoms with Crippen LogP contribution in [0.15, 0.2) is 42.6 Å². The van der Waals surface area contributed by atoms with Crippen molar-refractivity contribution in [1.29, 1.82) is 0 Å². The summed E-state index contributed by atoms with van der Waals surface area (Å²) >= 11 is 6.67. The van der Waals surface area contributed by atoms with Gasteiger partial charge in [-0.2, -0.15) is 0 Å². The molecule has 0 bridgehead atoms. The van der Waals surface area contributed by atoms with Gasteiger partial charge >= 0.3 is 0 Å². The Morgan fingerprint density at radius 2 is 2.03 bits per heavy atom. The minimum Gasteiger partial charge on any atom is -0.492 e. The summed E-state index contributed by atoms with van der Waals surface area (Å²) in [6, 6.07) is 9.96. The molecule has 4 rings (SSSR count). The van der Waals surface area contributed by atoms with Gasteiger partial charge in [-0.05, 0) is 85.4 Å². The Kier molecular flexibility index (Phi) is 9.35. The molecule has 5 heteroatoms. The number of piperidine rings is 1. The first-order chi connectivity index (χ1) is 17.3. The lowest BCUT2D eigenvalue weighted by molar-refractivity contribution is 0.155. The van der Waals surface area contributed by atoms with E-state index < -0.39 is 0 Å². The maximum Gasteiger partial charge on any atom is 0.141 e. The van der Waals surface area contributed by atoms with Crippen LogP contribution in [0.5, 0.6) is 5.75 Å². The number of ether oxygens (including phenoxy) is 1. The lowest BCUT2D eigenvalue weighted by Gasteiger charge is -2.39. The Morgan fingerprint density at radius 1 is 1.19 bits per heavy atom. The summed E-state index contributed by atoms with van der Waals surface area (Å²) in [5, 5.41) is 0.731. The van der Waals surface area contributed by atoms with Gasteiger partial charge in [-0.25, -0.2) is 4.39 Å². The van der Waals surface area contributed by atoms with Crippen LogP contribution < -0.4 is 4.74 Å². The van der Waals surface area contributed by atoms with Gasteiger partial charge in [0.15, 0.2) is 0 Å². The number of hydrogen-bond donors (Lipinski definition) is 0. The number of aryl methyl sites for hydroxylation is 2. The summed E-state index contributed by atoms with van der Waals surface area (Å²) in [7, 11) is 0. The molecule has 2 aromatic rings. The standard InChI is InChI=1S/C31H42ClFN2O/c1-5-26-15-24(11-12-30(26)33)19-34-13-8-10-28(21-34)23(4)35(18-22(2)3)20-25-16-27-9-6-7-14-36-31(27)29(32)17-25/h11-12,15-17,22,28H,4-10,13-14,18-21H2,1-3H3/t28-/m1/s1. The Balaban J connectivity index is 1.46. The SMILES string of the molecule is C=C([C@@H]1CCCN(Cc2ccc(F)c(CC)c2)C1)N(Cc1cc(Cl)c2c(c1)CCCCO2)CC(C)C. The molecule has 2 heterocycles. The van der Waals surface area contributed by atoms with Crippen molar-refractivity contribution < 1.29 is 9.13 Å². The van der Waals surface area contributed by atoms with Crippen molar-refractivity contribution in [3.63, 3.8) is 0 Å². The van der Waals surface area contributed by atoms with Crippen molar-refractivity contribution in [3.8, 4) is 5.75 Å². The maximum atomic E-state index is 14.0. The molecule has 0 saturated carbocycles. The number of halogens is 2. The van der Waals surface area contributed by atoms with E-state index in [2.05, 4.69) is 42.4 Å². The monoisotopic (exact) mass is 512 g/mol. The molecular weight excluding hydrogens is 471 g/mol. The van der Waals surface area contributed by atoms with Gasteiger partial charge in [0.2, 0.25) is 0 Å². The minimum atomic E-state index is -0.0973. The van der Waals surface area contributed by atoms with Gasteiger partial charge in [0, 0.05) is 37.8 Å². The molecule has 1 fully saturated rings. The van der Waals surface area contributed by atoms with E-state index in [4.69, 9.17) is 16.3 Å². The average Bonchev–Trinajstić information content (AvgIpc) is 3.10. The summed E-state index contributed by atoms with van der Waals surface area (Å²) in [5.74, 6) is 1.73. The van der Waals surface area contributed by atoms with Gasteiger partial charge in [0.1, 0.15) is 11.6 Å². The van der Waals surface area contributed by atoms with Crippen LogP contribution in [0.4, 0.5) is 4.39 Å². The summed E-state index contributed by atoms with van der Waals surface area (Å²) < 4.78 is 19.9. The van der Waals surface area contributed by atoms with E-state index in [1.807, 2.05) is 19.1 Å². The number of nitrogens with zero attached hydrogens (tertiary/aromatic N) is 2. The Bertz CT molecular complexity index is 1050. The Labute approximate surface area is 222 Å². The van der Waals surface area contributed by atoms with E-state index in [1.165, 1.54) is 22.4 Å². The highest BCUT2D eigenvalue weighted by molar-refractivity contribution is 6.32. The van der Waals surface area contributed by atoms with Crippen LogP contribution in [-0.4, -0.2) is 36.0 Å². The molecule has 36 heavy (non-hydrogen) atoms. The lowest BCUT2D eigenvalue weighted by atomic mass is 9.93. The fraction of sp³-hybridized carbons (Fsp3) is 0.548. The summed E-state index contributed by atoms with van der Waals surface area (Å²) in [5.41, 5.74) is 5.69. The van der Waals surface area contributed by atoms with Crippen molar-refractivity contribution in [1.82, 2.24) is 9.80 Å². The zero-order valence-electron chi connectivity index (χ0n) is 22.3. The molecule has 1 atom stereocenters. The van der Waals surface area contributed by atoms with Gasteiger partial charge in [-0.15, -0.1) is 0 Å². The van der Waals surface area contributed by atoms with Crippen LogP contribution in [0.2, 0.25) is 5.02 Å². The smallest absolute Gasteiger partial charge is 0.141 e. The molecule has 0 amide bonds. The van der Waals surface area contributed by atoms with Gasteiger partial charge < -0.3 is 9.64 Å². The molecule has 0 aliphatic carbocycles. The molecule has 2 aromatic carbocycles. The zero-order chi connectivity index (χ0) is 25.7. The van der Waals surface area contributed by atoms with Gasteiger partial charge in [-0.3, -0.25) is 4.90 Å². The second kappa shape index (κ2) is 12.5. The summed E-state index contributed by atoms with van der Waals surface area (Å²) in [6.45, 7) is 16.6. The first-order valence-electron chi connectivity index (χ1n) is 13.7. The fourth-order valence-electron chi connectivity index (χ4n) is 5.67. The largest absolute Gasteiger partial charge is 0.492 e. The van der Waals surface area contributed by atoms with Gasteiger partial charge in [0.05, 0.1) is 11.6 Å². The van der Waals surface area contributed by atoms with Crippen LogP contribution in [0, 0.1) is 17.7 Å². The highest BCUT2D eigenvalue weighted by Gasteiger charge is 2.26. The third-order valence-electron chi connectivity index (χ3n) is 7.51. The average molecular weight is 513 g/mol. The van der Waals surface area contributed by atoms with Crippen LogP contribution in [0.25, 0.3) is 0 Å². The van der Waals surface area contributed by atoms with Gasteiger partial charge in [0.25, 0.3) is 0 Å². The van der Waals surface area contributed by atoms with Crippen LogP contribution >= 0.6 is 11.6 Å². The predicted molar refractivity (Wildman–Crippen MR) is 148 cm³/mol. The Morgan fingerprint density at radius 3 is 2.81 bits per heavy atom. The van der Waals surface area contributed by atoms with Crippen LogP contribution in [0.1, 0.15) is 68.7 Å². The number of fused-ring (bicyclic) bond motifs is 1. The van der Waals surface area contributed by atoms with E-state index in [0.29, 0.717) is 11.8 Å². The van der Waals surface area contributed by atoms with Crippen LogP contribution in [0.3, 0.4) is 0 Å². The molecule has 1 saturated heterocycles. The minimum absolute atomic E-state index is 0.0973. The highest BCUT2D eigenvalue weighted by Crippen LogP contribution is 2.35. The number of rotatable bonds is 9. The third kappa shape index (κ3) is 6.83. The molecule has 2 aliphatic heterocycles. The molecule has 196 valence electrons. The predicted octanol–water partition coefficient (Wildman–Crippen LogP) is 7.64. The summed E-state index contributed by atoms with van der Waals surface area (Å²) in [6.07, 6.45) is 6.28. The molecule has 0 aromatic heterocycles. The number of benzene rings is 2. The molecule has 3 nitrogen and oxygen atoms in total. The first kappa shape index (κ1) is 27.0. The fourth-order valence-corrected chi connectivity index (χ4v) is 5.99. The van der Waals surface area contributed by atoms with Crippen LogP contribution in [-0.2, 0) is 25.9 Å². The Hall–Kier alpha value is -2.04. The maximum absolute atomic E-state index is 14.0. The second-order valence-corrected chi connectivity index (χ2v) is 11.4. The molecule has 2 aliphatic rings. The molecule has 0 unspecified atom stereocenters.